The molecule has 1 heterocycles. The van der Waals surface area contributed by atoms with Gasteiger partial charge in [-0.1, -0.05) is 30.3 Å². The van der Waals surface area contributed by atoms with E-state index in [1.807, 2.05) is 6.07 Å². The second-order valence-corrected chi connectivity index (χ2v) is 6.70. The van der Waals surface area contributed by atoms with Gasteiger partial charge in [-0.3, -0.25) is 9.59 Å². The molecule has 0 aromatic heterocycles. The quantitative estimate of drug-likeness (QED) is 0.780. The van der Waals surface area contributed by atoms with E-state index < -0.39 is 0 Å². The van der Waals surface area contributed by atoms with Crippen LogP contribution in [0.1, 0.15) is 24.5 Å². The van der Waals surface area contributed by atoms with Crippen LogP contribution < -0.4 is 10.6 Å². The zero-order valence-electron chi connectivity index (χ0n) is 13.6. The molecule has 0 saturated carbocycles. The molecule has 2 aromatic rings. The lowest BCUT2D eigenvalue weighted by atomic mass is 10.0. The Morgan fingerprint density at radius 1 is 1.08 bits per heavy atom. The molecule has 1 fully saturated rings. The number of amides is 1. The van der Waals surface area contributed by atoms with Gasteiger partial charge in [-0.2, -0.15) is 0 Å². The van der Waals surface area contributed by atoms with Gasteiger partial charge in [0.2, 0.25) is 5.91 Å². The molecule has 2 unspecified atom stereocenters. The molecule has 1 saturated heterocycles. The molecule has 2 N–H and O–H groups in total. The minimum Gasteiger partial charge on any atom is -0.325 e. The van der Waals surface area contributed by atoms with Crippen LogP contribution in [-0.2, 0) is 16.0 Å². The van der Waals surface area contributed by atoms with E-state index in [2.05, 4.69) is 47.0 Å². The third kappa shape index (κ3) is 2.63. The summed E-state index contributed by atoms with van der Waals surface area (Å²) >= 11 is 0. The summed E-state index contributed by atoms with van der Waals surface area (Å²) in [4.78, 5) is 23.9. The van der Waals surface area contributed by atoms with E-state index >= 15 is 0 Å². The van der Waals surface area contributed by atoms with E-state index in [-0.39, 0.29) is 23.7 Å². The van der Waals surface area contributed by atoms with Crippen LogP contribution in [0.4, 0.5) is 5.69 Å². The number of benzene rings is 2. The van der Waals surface area contributed by atoms with E-state index in [9.17, 15) is 9.59 Å². The third-order valence-corrected chi connectivity index (χ3v) is 5.08. The van der Waals surface area contributed by atoms with Gasteiger partial charge in [-0.25, -0.2) is 0 Å². The monoisotopic (exact) mass is 320 g/mol. The number of hydrogen-bond acceptors (Lipinski definition) is 3. The van der Waals surface area contributed by atoms with Gasteiger partial charge in [0.05, 0.1) is 6.04 Å². The highest BCUT2D eigenvalue weighted by atomic mass is 16.2. The van der Waals surface area contributed by atoms with Gasteiger partial charge in [0.1, 0.15) is 5.78 Å². The van der Waals surface area contributed by atoms with Crippen LogP contribution in [-0.4, -0.2) is 24.3 Å². The topological polar surface area (TPSA) is 58.2 Å². The first-order valence-electron chi connectivity index (χ1n) is 8.38. The van der Waals surface area contributed by atoms with E-state index in [1.54, 1.807) is 6.92 Å². The Morgan fingerprint density at radius 2 is 1.88 bits per heavy atom. The van der Waals surface area contributed by atoms with Gasteiger partial charge in [0.15, 0.2) is 0 Å². The average Bonchev–Trinajstić information content (AvgIpc) is 3.19. The van der Waals surface area contributed by atoms with Crippen molar-refractivity contribution in [3.05, 3.63) is 53.6 Å². The number of fused-ring (bicyclic) bond motifs is 3. The van der Waals surface area contributed by atoms with E-state index in [0.717, 1.165) is 12.1 Å². The molecule has 4 nitrogen and oxygen atoms in total. The minimum absolute atomic E-state index is 0.0460. The molecule has 4 heteroatoms. The van der Waals surface area contributed by atoms with Gasteiger partial charge < -0.3 is 10.6 Å². The summed E-state index contributed by atoms with van der Waals surface area (Å²) in [6, 6.07) is 14.2. The Bertz CT molecular complexity index is 828. The van der Waals surface area contributed by atoms with Gasteiger partial charge in [-0.05, 0) is 54.2 Å². The standard InChI is InChI=1S/C20H20N2O2/c1-12(23)15-10-19(21-11-15)20(24)22-16-6-7-18-14(9-16)8-13-4-2-3-5-17(13)18/h2-7,9,15,19,21H,8,10-11H2,1H3,(H,22,24). The highest BCUT2D eigenvalue weighted by Gasteiger charge is 2.31. The molecule has 0 bridgehead atoms. The average molecular weight is 320 g/mol. The van der Waals surface area contributed by atoms with Crippen LogP contribution in [0, 0.1) is 5.92 Å². The Morgan fingerprint density at radius 3 is 2.67 bits per heavy atom. The van der Waals surface area contributed by atoms with Crippen molar-refractivity contribution in [2.24, 2.45) is 5.92 Å². The van der Waals surface area contributed by atoms with Crippen LogP contribution in [0.15, 0.2) is 42.5 Å². The molecule has 2 atom stereocenters. The van der Waals surface area contributed by atoms with Gasteiger partial charge in [0, 0.05) is 18.2 Å². The molecule has 1 amide bonds. The summed E-state index contributed by atoms with van der Waals surface area (Å²) in [6.07, 6.45) is 1.49. The second kappa shape index (κ2) is 5.87. The Kier molecular flexibility index (Phi) is 3.69. The van der Waals surface area contributed by atoms with Gasteiger partial charge >= 0.3 is 0 Å². The highest BCUT2D eigenvalue weighted by molar-refractivity contribution is 5.96. The summed E-state index contributed by atoms with van der Waals surface area (Å²) in [5.41, 5.74) is 5.93. The second-order valence-electron chi connectivity index (χ2n) is 6.70. The van der Waals surface area contributed by atoms with Crippen LogP contribution in [0.3, 0.4) is 0 Å². The van der Waals surface area contributed by atoms with Crippen molar-refractivity contribution in [2.45, 2.75) is 25.8 Å². The van der Waals surface area contributed by atoms with E-state index in [0.29, 0.717) is 13.0 Å². The van der Waals surface area contributed by atoms with Gasteiger partial charge in [0.25, 0.3) is 0 Å². The van der Waals surface area contributed by atoms with Crippen LogP contribution in [0.2, 0.25) is 0 Å². The largest absolute Gasteiger partial charge is 0.325 e. The van der Waals surface area contributed by atoms with Crippen molar-refractivity contribution < 1.29 is 9.59 Å². The number of hydrogen-bond donors (Lipinski definition) is 2. The molecule has 2 aliphatic rings. The van der Waals surface area contributed by atoms with Crippen molar-refractivity contribution >= 4 is 17.4 Å². The first-order chi connectivity index (χ1) is 11.6. The van der Waals surface area contributed by atoms with Crippen LogP contribution >= 0.6 is 0 Å². The maximum absolute atomic E-state index is 12.4. The fraction of sp³-hybridized carbons (Fsp3) is 0.300. The molecule has 1 aliphatic heterocycles. The van der Waals surface area contributed by atoms with E-state index in [4.69, 9.17) is 0 Å². The van der Waals surface area contributed by atoms with Crippen LogP contribution in [0.5, 0.6) is 0 Å². The third-order valence-electron chi connectivity index (χ3n) is 5.08. The van der Waals surface area contributed by atoms with Crippen molar-refractivity contribution in [2.75, 3.05) is 11.9 Å². The molecule has 122 valence electrons. The maximum atomic E-state index is 12.4. The Hall–Kier alpha value is -2.46. The lowest BCUT2D eigenvalue weighted by Crippen LogP contribution is -2.35. The van der Waals surface area contributed by atoms with Crippen molar-refractivity contribution in [1.29, 1.82) is 0 Å². The fourth-order valence-electron chi connectivity index (χ4n) is 3.70. The molecule has 0 spiro atoms. The number of carbonyl (C=O) groups is 2. The molecular weight excluding hydrogens is 300 g/mol. The van der Waals surface area contributed by atoms with Crippen molar-refractivity contribution in [3.63, 3.8) is 0 Å². The van der Waals surface area contributed by atoms with E-state index in [1.165, 1.54) is 22.3 Å². The predicted molar refractivity (Wildman–Crippen MR) is 93.9 cm³/mol. The summed E-state index contributed by atoms with van der Waals surface area (Å²) in [5, 5.41) is 6.13. The van der Waals surface area contributed by atoms with Crippen molar-refractivity contribution in [1.82, 2.24) is 5.32 Å². The number of carbonyl (C=O) groups excluding carboxylic acids is 2. The fourth-order valence-corrected chi connectivity index (χ4v) is 3.70. The summed E-state index contributed by atoms with van der Waals surface area (Å²) < 4.78 is 0. The molecule has 4 rings (SSSR count). The molecule has 2 aromatic carbocycles. The zero-order chi connectivity index (χ0) is 16.7. The van der Waals surface area contributed by atoms with Crippen LogP contribution in [0.25, 0.3) is 11.1 Å². The lowest BCUT2D eigenvalue weighted by molar-refractivity contribution is -0.120. The molecule has 0 radical (unpaired) electrons. The lowest BCUT2D eigenvalue weighted by Gasteiger charge is -2.12. The number of anilines is 1. The number of Topliss-reactive ketones (excluding diaryl/α,β-unsaturated/α-hetero) is 1. The predicted octanol–water partition coefficient (Wildman–Crippen LogP) is 2.76. The van der Waals surface area contributed by atoms with Crippen molar-refractivity contribution in [3.8, 4) is 11.1 Å². The molecule has 24 heavy (non-hydrogen) atoms. The molecule has 1 aliphatic carbocycles. The smallest absolute Gasteiger partial charge is 0.241 e. The summed E-state index contributed by atoms with van der Waals surface area (Å²) in [7, 11) is 0. The summed E-state index contributed by atoms with van der Waals surface area (Å²) in [6.45, 7) is 2.18. The number of nitrogens with one attached hydrogen (secondary N) is 2. The highest BCUT2D eigenvalue weighted by Crippen LogP contribution is 2.37. The Balaban J connectivity index is 1.48. The van der Waals surface area contributed by atoms with Gasteiger partial charge in [-0.15, -0.1) is 0 Å². The molecular formula is C20H20N2O2. The SMILES string of the molecule is CC(=O)C1CNC(C(=O)Nc2ccc3c(c2)Cc2ccccc2-3)C1. The number of rotatable bonds is 3. The Labute approximate surface area is 141 Å². The first-order valence-corrected chi connectivity index (χ1v) is 8.38. The maximum Gasteiger partial charge on any atom is 0.241 e. The zero-order valence-corrected chi connectivity index (χ0v) is 13.6. The minimum atomic E-state index is -0.288. The normalized spacial score (nSPS) is 21.2. The first kappa shape index (κ1) is 15.1. The number of ketones is 1. The summed E-state index contributed by atoms with van der Waals surface area (Å²) in [5.74, 6) is 0.0394.